The number of ether oxygens (including phenoxy) is 2. The van der Waals surface area contributed by atoms with Crippen LogP contribution in [0.25, 0.3) is 0 Å². The van der Waals surface area contributed by atoms with Gasteiger partial charge in [-0.05, 0) is 61.4 Å². The summed E-state index contributed by atoms with van der Waals surface area (Å²) < 4.78 is 9.92. The molecular weight excluding hydrogens is 334 g/mol. The van der Waals surface area contributed by atoms with E-state index in [1.807, 2.05) is 0 Å². The Labute approximate surface area is 151 Å². The van der Waals surface area contributed by atoms with E-state index in [9.17, 15) is 14.4 Å². The van der Waals surface area contributed by atoms with Crippen molar-refractivity contribution < 1.29 is 23.9 Å². The predicted octanol–water partition coefficient (Wildman–Crippen LogP) is 3.21. The molecule has 1 saturated heterocycles. The van der Waals surface area contributed by atoms with Crippen molar-refractivity contribution in [3.63, 3.8) is 0 Å². The normalized spacial score (nSPS) is 14.0. The van der Waals surface area contributed by atoms with E-state index >= 15 is 0 Å². The number of methoxy groups -OCH3 is 1. The molecule has 0 atom stereocenters. The average molecular weight is 353 g/mol. The third-order valence-electron chi connectivity index (χ3n) is 4.22. The highest BCUT2D eigenvalue weighted by molar-refractivity contribution is 5.96. The second-order valence-electron chi connectivity index (χ2n) is 5.95. The van der Waals surface area contributed by atoms with E-state index in [2.05, 4.69) is 4.74 Å². The minimum atomic E-state index is -0.507. The molecule has 0 bridgehead atoms. The first-order chi connectivity index (χ1) is 12.6. The Hall–Kier alpha value is -3.15. The number of hydrogen-bond acceptors (Lipinski definition) is 5. The zero-order valence-electron chi connectivity index (χ0n) is 14.4. The number of esters is 2. The monoisotopic (exact) mass is 353 g/mol. The zero-order valence-corrected chi connectivity index (χ0v) is 14.4. The van der Waals surface area contributed by atoms with Crippen molar-refractivity contribution >= 4 is 23.5 Å². The number of carbonyl (C=O) groups excluding carboxylic acids is 3. The number of amides is 1. The molecule has 6 heteroatoms. The van der Waals surface area contributed by atoms with E-state index in [0.29, 0.717) is 29.8 Å². The number of nitrogens with zero attached hydrogens (tertiary/aromatic N) is 1. The summed E-state index contributed by atoms with van der Waals surface area (Å²) in [6.45, 7) is 0.704. The Morgan fingerprint density at radius 2 is 1.50 bits per heavy atom. The molecule has 0 aromatic heterocycles. The van der Waals surface area contributed by atoms with Gasteiger partial charge in [0.05, 0.1) is 18.2 Å². The third kappa shape index (κ3) is 3.91. The molecule has 1 fully saturated rings. The van der Waals surface area contributed by atoms with Gasteiger partial charge in [-0.2, -0.15) is 0 Å². The lowest BCUT2D eigenvalue weighted by molar-refractivity contribution is -0.119. The quantitative estimate of drug-likeness (QED) is 0.623. The van der Waals surface area contributed by atoms with E-state index < -0.39 is 11.9 Å². The van der Waals surface area contributed by atoms with Gasteiger partial charge in [-0.25, -0.2) is 9.59 Å². The van der Waals surface area contributed by atoms with E-state index in [4.69, 9.17) is 4.74 Å². The SMILES string of the molecule is COC(=O)c1ccc(OC(=O)c2ccc(N3CCCCC3=O)cc2)cc1. The second kappa shape index (κ2) is 7.82. The fraction of sp³-hybridized carbons (Fsp3) is 0.250. The molecule has 0 N–H and O–H groups in total. The van der Waals surface area contributed by atoms with Crippen LogP contribution in [-0.4, -0.2) is 31.5 Å². The second-order valence-corrected chi connectivity index (χ2v) is 5.95. The highest BCUT2D eigenvalue weighted by Crippen LogP contribution is 2.22. The molecule has 0 unspecified atom stereocenters. The van der Waals surface area contributed by atoms with Crippen molar-refractivity contribution in [1.82, 2.24) is 0 Å². The van der Waals surface area contributed by atoms with Crippen molar-refractivity contribution in [2.45, 2.75) is 19.3 Å². The maximum absolute atomic E-state index is 12.2. The molecule has 1 amide bonds. The van der Waals surface area contributed by atoms with Crippen LogP contribution in [0.3, 0.4) is 0 Å². The lowest BCUT2D eigenvalue weighted by Crippen LogP contribution is -2.35. The number of rotatable bonds is 4. The number of piperidine rings is 1. The van der Waals surface area contributed by atoms with Crippen LogP contribution in [0, 0.1) is 0 Å². The Kier molecular flexibility index (Phi) is 5.31. The highest BCUT2D eigenvalue weighted by atomic mass is 16.5. The van der Waals surface area contributed by atoms with Gasteiger partial charge in [0.2, 0.25) is 5.91 Å². The van der Waals surface area contributed by atoms with Crippen molar-refractivity contribution in [3.05, 3.63) is 59.7 Å². The van der Waals surface area contributed by atoms with Crippen LogP contribution >= 0.6 is 0 Å². The summed E-state index contributed by atoms with van der Waals surface area (Å²) in [5, 5.41) is 0. The lowest BCUT2D eigenvalue weighted by atomic mass is 10.1. The van der Waals surface area contributed by atoms with Crippen LogP contribution in [0.2, 0.25) is 0 Å². The molecule has 1 aliphatic heterocycles. The fourth-order valence-corrected chi connectivity index (χ4v) is 2.80. The Morgan fingerprint density at radius 3 is 2.12 bits per heavy atom. The predicted molar refractivity (Wildman–Crippen MR) is 95.4 cm³/mol. The Morgan fingerprint density at radius 1 is 0.885 bits per heavy atom. The topological polar surface area (TPSA) is 72.9 Å². The summed E-state index contributed by atoms with van der Waals surface area (Å²) in [5.41, 5.74) is 1.55. The van der Waals surface area contributed by atoms with E-state index in [1.54, 1.807) is 29.2 Å². The standard InChI is InChI=1S/C20H19NO5/c1-25-19(23)14-7-11-17(12-8-14)26-20(24)15-5-9-16(10-6-15)21-13-3-2-4-18(21)22/h5-12H,2-4,13H2,1H3. The van der Waals surface area contributed by atoms with E-state index in [-0.39, 0.29) is 5.91 Å². The lowest BCUT2D eigenvalue weighted by Gasteiger charge is -2.26. The Balaban J connectivity index is 1.66. The smallest absolute Gasteiger partial charge is 0.343 e. The molecule has 0 saturated carbocycles. The summed E-state index contributed by atoms with van der Waals surface area (Å²) in [7, 11) is 1.30. The summed E-state index contributed by atoms with van der Waals surface area (Å²) in [5.74, 6) is -0.520. The number of carbonyl (C=O) groups is 3. The zero-order chi connectivity index (χ0) is 18.5. The first kappa shape index (κ1) is 17.7. The maximum atomic E-state index is 12.2. The van der Waals surface area contributed by atoms with Gasteiger partial charge in [-0.15, -0.1) is 0 Å². The van der Waals surface area contributed by atoms with E-state index in [0.717, 1.165) is 18.5 Å². The van der Waals surface area contributed by atoms with Crippen molar-refractivity contribution in [1.29, 1.82) is 0 Å². The highest BCUT2D eigenvalue weighted by Gasteiger charge is 2.20. The van der Waals surface area contributed by atoms with E-state index in [1.165, 1.54) is 31.4 Å². The van der Waals surface area contributed by atoms with Gasteiger partial charge in [0.15, 0.2) is 0 Å². The number of anilines is 1. The molecule has 0 spiro atoms. The average Bonchev–Trinajstić information content (AvgIpc) is 2.68. The molecule has 3 rings (SSSR count). The van der Waals surface area contributed by atoms with Crippen LogP contribution in [0.4, 0.5) is 5.69 Å². The van der Waals surface area contributed by atoms with Crippen LogP contribution in [0.5, 0.6) is 5.75 Å². The minimum absolute atomic E-state index is 0.109. The van der Waals surface area contributed by atoms with Crippen LogP contribution in [0.1, 0.15) is 40.0 Å². The van der Waals surface area contributed by atoms with Crippen molar-refractivity contribution in [2.75, 3.05) is 18.6 Å². The molecule has 1 heterocycles. The van der Waals surface area contributed by atoms with Gasteiger partial charge in [0.25, 0.3) is 0 Å². The molecular formula is C20H19NO5. The van der Waals surface area contributed by atoms with Crippen LogP contribution in [0.15, 0.2) is 48.5 Å². The first-order valence-electron chi connectivity index (χ1n) is 8.39. The molecule has 6 nitrogen and oxygen atoms in total. The van der Waals surface area contributed by atoms with Gasteiger partial charge in [0, 0.05) is 18.7 Å². The minimum Gasteiger partial charge on any atom is -0.465 e. The van der Waals surface area contributed by atoms with Crippen LogP contribution < -0.4 is 9.64 Å². The number of hydrogen-bond donors (Lipinski definition) is 0. The van der Waals surface area contributed by atoms with Gasteiger partial charge in [0.1, 0.15) is 5.75 Å². The van der Waals surface area contributed by atoms with Gasteiger partial charge < -0.3 is 14.4 Å². The van der Waals surface area contributed by atoms with Crippen LogP contribution in [-0.2, 0) is 9.53 Å². The van der Waals surface area contributed by atoms with Crippen molar-refractivity contribution in [3.8, 4) is 5.75 Å². The summed E-state index contributed by atoms with van der Waals surface area (Å²) in [6, 6.07) is 12.9. The molecule has 2 aromatic carbocycles. The summed E-state index contributed by atoms with van der Waals surface area (Å²) in [4.78, 5) is 37.3. The largest absolute Gasteiger partial charge is 0.465 e. The Bertz CT molecular complexity index is 811. The third-order valence-corrected chi connectivity index (χ3v) is 4.22. The first-order valence-corrected chi connectivity index (χ1v) is 8.39. The molecule has 1 aliphatic rings. The summed E-state index contributed by atoms with van der Waals surface area (Å²) in [6.07, 6.45) is 2.47. The van der Waals surface area contributed by atoms with Gasteiger partial charge in [-0.1, -0.05) is 0 Å². The molecule has 134 valence electrons. The summed E-state index contributed by atoms with van der Waals surface area (Å²) >= 11 is 0. The molecule has 0 aliphatic carbocycles. The molecule has 0 radical (unpaired) electrons. The maximum Gasteiger partial charge on any atom is 0.343 e. The molecule has 2 aromatic rings. The van der Waals surface area contributed by atoms with Crippen molar-refractivity contribution in [2.24, 2.45) is 0 Å². The van der Waals surface area contributed by atoms with Gasteiger partial charge in [-0.3, -0.25) is 4.79 Å². The molecule has 26 heavy (non-hydrogen) atoms. The fourth-order valence-electron chi connectivity index (χ4n) is 2.80. The number of benzene rings is 2. The van der Waals surface area contributed by atoms with Gasteiger partial charge >= 0.3 is 11.9 Å².